The number of fused-ring (bicyclic) bond motifs is 1. The van der Waals surface area contributed by atoms with Gasteiger partial charge in [0.1, 0.15) is 5.75 Å². The summed E-state index contributed by atoms with van der Waals surface area (Å²) in [4.78, 5) is 17.2. The maximum atomic E-state index is 14.1. The molecule has 2 aliphatic rings. The number of amides is 1. The molecule has 0 aliphatic carbocycles. The van der Waals surface area contributed by atoms with Crippen molar-refractivity contribution in [1.82, 2.24) is 19.6 Å². The molecule has 1 amide bonds. The van der Waals surface area contributed by atoms with Crippen molar-refractivity contribution in [3.05, 3.63) is 77.6 Å². The summed E-state index contributed by atoms with van der Waals surface area (Å²) in [5.74, 6) is 0.366. The Morgan fingerprint density at radius 3 is 2.30 bits per heavy atom. The highest BCUT2D eigenvalue weighted by Gasteiger charge is 2.45. The van der Waals surface area contributed by atoms with Crippen molar-refractivity contribution in [2.75, 3.05) is 39.8 Å². The summed E-state index contributed by atoms with van der Waals surface area (Å²) < 4.78 is 48.2. The predicted molar refractivity (Wildman–Crippen MR) is 132 cm³/mol. The van der Waals surface area contributed by atoms with E-state index < -0.39 is 23.3 Å². The van der Waals surface area contributed by atoms with Crippen LogP contribution in [0.25, 0.3) is 5.69 Å². The Kier molecular flexibility index (Phi) is 6.96. The number of carbonyl (C=O) groups excluding carboxylic acids is 1. The number of nitrogens with zero attached hydrogens (tertiary/aromatic N) is 4. The number of rotatable bonds is 7. The molecule has 2 aromatic carbocycles. The lowest BCUT2D eigenvalue weighted by Crippen LogP contribution is -2.35. The van der Waals surface area contributed by atoms with Gasteiger partial charge in [0.2, 0.25) is 0 Å². The second kappa shape index (κ2) is 10.2. The molecule has 3 heterocycles. The number of benzene rings is 2. The van der Waals surface area contributed by atoms with E-state index in [9.17, 15) is 18.0 Å². The highest BCUT2D eigenvalue weighted by molar-refractivity contribution is 5.95. The van der Waals surface area contributed by atoms with Crippen LogP contribution in [-0.4, -0.2) is 65.3 Å². The molecule has 1 aromatic heterocycles. The van der Waals surface area contributed by atoms with E-state index in [-0.39, 0.29) is 23.6 Å². The highest BCUT2D eigenvalue weighted by Crippen LogP contribution is 2.37. The van der Waals surface area contributed by atoms with Gasteiger partial charge in [-0.15, -0.1) is 0 Å². The highest BCUT2D eigenvalue weighted by atomic mass is 19.4. The number of alkyl halides is 3. The minimum Gasteiger partial charge on any atom is -0.497 e. The Balaban J connectivity index is 1.24. The molecule has 196 valence electrons. The third kappa shape index (κ3) is 5.21. The van der Waals surface area contributed by atoms with E-state index in [1.807, 2.05) is 30.3 Å². The van der Waals surface area contributed by atoms with Crippen molar-refractivity contribution in [2.24, 2.45) is 17.6 Å². The first-order chi connectivity index (χ1) is 17.7. The van der Waals surface area contributed by atoms with Crippen molar-refractivity contribution in [3.63, 3.8) is 0 Å². The Hall–Kier alpha value is -3.37. The van der Waals surface area contributed by atoms with E-state index in [1.54, 1.807) is 17.0 Å². The average molecular weight is 514 g/mol. The first kappa shape index (κ1) is 25.3. The molecule has 3 atom stereocenters. The van der Waals surface area contributed by atoms with E-state index in [0.29, 0.717) is 18.8 Å². The smallest absolute Gasteiger partial charge is 0.434 e. The number of halogens is 3. The minimum atomic E-state index is -4.74. The summed E-state index contributed by atoms with van der Waals surface area (Å²) >= 11 is 0. The summed E-state index contributed by atoms with van der Waals surface area (Å²) in [6.07, 6.45) is -2.89. The third-order valence-electron chi connectivity index (χ3n) is 7.42. The van der Waals surface area contributed by atoms with E-state index in [0.717, 1.165) is 42.5 Å². The van der Waals surface area contributed by atoms with Crippen molar-refractivity contribution in [3.8, 4) is 11.4 Å². The topological polar surface area (TPSA) is 76.6 Å². The fourth-order valence-corrected chi connectivity index (χ4v) is 5.49. The molecule has 2 N–H and O–H groups in total. The molecule has 7 nitrogen and oxygen atoms in total. The maximum absolute atomic E-state index is 14.1. The van der Waals surface area contributed by atoms with Gasteiger partial charge in [-0.05, 0) is 54.6 Å². The number of ether oxygens (including phenoxy) is 1. The van der Waals surface area contributed by atoms with Gasteiger partial charge in [-0.3, -0.25) is 4.79 Å². The summed E-state index contributed by atoms with van der Waals surface area (Å²) in [5.41, 5.74) is 6.17. The fraction of sp³-hybridized carbons (Fsp3) is 0.407. The summed E-state index contributed by atoms with van der Waals surface area (Å²) in [5, 5.41) is 3.94. The lowest BCUT2D eigenvalue weighted by atomic mass is 10.0. The molecular formula is C27H30F3N5O2. The van der Waals surface area contributed by atoms with Crippen LogP contribution in [0.4, 0.5) is 13.2 Å². The zero-order valence-electron chi connectivity index (χ0n) is 20.6. The Morgan fingerprint density at radius 2 is 1.70 bits per heavy atom. The van der Waals surface area contributed by atoms with E-state index in [4.69, 9.17) is 10.5 Å². The predicted octanol–water partition coefficient (Wildman–Crippen LogP) is 3.99. The van der Waals surface area contributed by atoms with Gasteiger partial charge in [0.15, 0.2) is 5.69 Å². The quantitative estimate of drug-likeness (QED) is 0.517. The van der Waals surface area contributed by atoms with Crippen molar-refractivity contribution >= 4 is 5.91 Å². The van der Waals surface area contributed by atoms with Gasteiger partial charge in [-0.1, -0.05) is 30.3 Å². The van der Waals surface area contributed by atoms with Crippen LogP contribution < -0.4 is 10.5 Å². The first-order valence-corrected chi connectivity index (χ1v) is 12.4. The van der Waals surface area contributed by atoms with Gasteiger partial charge in [0.05, 0.1) is 24.6 Å². The second-order valence-corrected chi connectivity index (χ2v) is 9.81. The van der Waals surface area contributed by atoms with E-state index in [2.05, 4.69) is 10.00 Å². The Morgan fingerprint density at radius 1 is 1.05 bits per heavy atom. The fourth-order valence-electron chi connectivity index (χ4n) is 5.49. The van der Waals surface area contributed by atoms with Crippen molar-refractivity contribution in [1.29, 1.82) is 0 Å². The molecule has 0 saturated carbocycles. The third-order valence-corrected chi connectivity index (χ3v) is 7.42. The molecule has 2 saturated heterocycles. The van der Waals surface area contributed by atoms with Crippen LogP contribution in [0.3, 0.4) is 0 Å². The van der Waals surface area contributed by atoms with Gasteiger partial charge in [-0.2, -0.15) is 18.3 Å². The molecule has 0 spiro atoms. The number of hydrogen-bond acceptors (Lipinski definition) is 5. The molecule has 2 aliphatic heterocycles. The minimum absolute atomic E-state index is 0.0391. The zero-order chi connectivity index (χ0) is 26.2. The van der Waals surface area contributed by atoms with Crippen LogP contribution in [0.15, 0.2) is 60.8 Å². The van der Waals surface area contributed by atoms with Gasteiger partial charge in [0, 0.05) is 32.2 Å². The number of hydrogen-bond donors (Lipinski definition) is 1. The van der Waals surface area contributed by atoms with E-state index in [1.165, 1.54) is 19.2 Å². The number of carbonyl (C=O) groups is 1. The SMILES string of the molecule is COc1ccc(-n2ncc(C(=O)N3CC4CN(CC[C@H](N)c5ccccc5)CC4C3)c2C(F)(F)F)cc1. The average Bonchev–Trinajstić information content (AvgIpc) is 3.61. The molecule has 2 unspecified atom stereocenters. The van der Waals surface area contributed by atoms with Crippen molar-refractivity contribution < 1.29 is 22.7 Å². The second-order valence-electron chi connectivity index (χ2n) is 9.81. The van der Waals surface area contributed by atoms with Crippen LogP contribution >= 0.6 is 0 Å². The van der Waals surface area contributed by atoms with Crippen LogP contribution in [0.5, 0.6) is 5.75 Å². The molecule has 0 radical (unpaired) electrons. The summed E-state index contributed by atoms with van der Waals surface area (Å²) in [6, 6.07) is 16.0. The molecular weight excluding hydrogens is 483 g/mol. The first-order valence-electron chi connectivity index (χ1n) is 12.4. The number of methoxy groups -OCH3 is 1. The zero-order valence-corrected chi connectivity index (χ0v) is 20.6. The number of nitrogens with two attached hydrogens (primary N) is 1. The van der Waals surface area contributed by atoms with Crippen LogP contribution in [0.1, 0.15) is 34.1 Å². The summed E-state index contributed by atoms with van der Waals surface area (Å²) in [7, 11) is 1.48. The Bertz CT molecular complexity index is 1220. The molecule has 0 bridgehead atoms. The summed E-state index contributed by atoms with van der Waals surface area (Å²) in [6.45, 7) is 3.36. The van der Waals surface area contributed by atoms with Gasteiger partial charge in [-0.25, -0.2) is 4.68 Å². The lowest BCUT2D eigenvalue weighted by molar-refractivity contribution is -0.143. The number of aromatic nitrogens is 2. The largest absolute Gasteiger partial charge is 0.497 e. The number of likely N-dealkylation sites (tertiary alicyclic amines) is 2. The Labute approximate surface area is 213 Å². The molecule has 3 aromatic rings. The van der Waals surface area contributed by atoms with Gasteiger partial charge in [0.25, 0.3) is 5.91 Å². The van der Waals surface area contributed by atoms with Crippen LogP contribution in [0, 0.1) is 11.8 Å². The molecule has 10 heteroatoms. The lowest BCUT2D eigenvalue weighted by Gasteiger charge is -2.23. The van der Waals surface area contributed by atoms with Crippen molar-refractivity contribution in [2.45, 2.75) is 18.6 Å². The monoisotopic (exact) mass is 513 g/mol. The van der Waals surface area contributed by atoms with Crippen LogP contribution in [0.2, 0.25) is 0 Å². The normalized spacial score (nSPS) is 20.7. The molecule has 2 fully saturated rings. The molecule has 5 rings (SSSR count). The molecule has 37 heavy (non-hydrogen) atoms. The van der Waals surface area contributed by atoms with Gasteiger partial charge < -0.3 is 20.3 Å². The van der Waals surface area contributed by atoms with Gasteiger partial charge >= 0.3 is 6.18 Å². The maximum Gasteiger partial charge on any atom is 0.434 e. The van der Waals surface area contributed by atoms with E-state index >= 15 is 0 Å². The standard InChI is InChI=1S/C27H30F3N5O2/c1-37-22-9-7-21(8-10-22)35-25(27(28,29)30)23(13-32-35)26(36)34-16-19-14-33(15-20(19)17-34)12-11-24(31)18-5-3-2-4-6-18/h2-10,13,19-20,24H,11-12,14-17,31H2,1H3/t19?,20?,24-/m0/s1. The van der Waals surface area contributed by atoms with Crippen LogP contribution in [-0.2, 0) is 6.18 Å².